The quantitative estimate of drug-likeness (QED) is 0.575. The summed E-state index contributed by atoms with van der Waals surface area (Å²) in [5, 5.41) is 0. The highest BCUT2D eigenvalue weighted by Crippen LogP contribution is 1.94. The molecule has 0 atom stereocenters. The summed E-state index contributed by atoms with van der Waals surface area (Å²) in [5.74, 6) is 5.97. The van der Waals surface area contributed by atoms with E-state index in [-0.39, 0.29) is 0 Å². The normalized spacial score (nSPS) is 9.33. The van der Waals surface area contributed by atoms with Crippen LogP contribution in [0.3, 0.4) is 0 Å². The highest BCUT2D eigenvalue weighted by Gasteiger charge is 2.00. The SMILES string of the molecule is CC#CCCC(=O)CCN(C)C. The lowest BCUT2D eigenvalue weighted by Gasteiger charge is -2.07. The summed E-state index contributed by atoms with van der Waals surface area (Å²) in [6, 6.07) is 0. The number of hydrogen-bond acceptors (Lipinski definition) is 2. The molecule has 0 aromatic heterocycles. The van der Waals surface area contributed by atoms with Gasteiger partial charge in [0, 0.05) is 25.8 Å². The molecule has 0 rings (SSSR count). The van der Waals surface area contributed by atoms with Crippen molar-refractivity contribution in [3.63, 3.8) is 0 Å². The largest absolute Gasteiger partial charge is 0.309 e. The van der Waals surface area contributed by atoms with Gasteiger partial charge >= 0.3 is 0 Å². The molecule has 0 aliphatic rings. The number of ketones is 1. The van der Waals surface area contributed by atoms with Gasteiger partial charge in [-0.05, 0) is 21.0 Å². The Hall–Kier alpha value is -0.810. The van der Waals surface area contributed by atoms with Crippen molar-refractivity contribution < 1.29 is 4.79 Å². The van der Waals surface area contributed by atoms with Gasteiger partial charge in [-0.1, -0.05) is 0 Å². The molecule has 0 amide bonds. The van der Waals surface area contributed by atoms with Gasteiger partial charge in [0.25, 0.3) is 0 Å². The minimum atomic E-state index is 0.312. The van der Waals surface area contributed by atoms with Crippen LogP contribution in [-0.2, 0) is 4.79 Å². The van der Waals surface area contributed by atoms with E-state index in [4.69, 9.17) is 0 Å². The molecule has 0 aromatic carbocycles. The fourth-order valence-electron chi connectivity index (χ4n) is 0.800. The van der Waals surface area contributed by atoms with Crippen LogP contribution in [0.4, 0.5) is 0 Å². The summed E-state index contributed by atoms with van der Waals surface area (Å²) in [7, 11) is 3.94. The average molecular weight is 167 g/mol. The second-order valence-electron chi connectivity index (χ2n) is 3.02. The number of nitrogens with zero attached hydrogens (tertiary/aromatic N) is 1. The predicted octanol–water partition coefficient (Wildman–Crippen LogP) is 1.31. The third-order valence-electron chi connectivity index (χ3n) is 1.54. The number of Topliss-reactive ketones (excluding diaryl/α,β-unsaturated/α-hetero) is 1. The molecule has 0 bridgehead atoms. The molecule has 0 unspecified atom stereocenters. The van der Waals surface area contributed by atoms with Gasteiger partial charge < -0.3 is 4.90 Å². The Morgan fingerprint density at radius 3 is 2.50 bits per heavy atom. The van der Waals surface area contributed by atoms with Crippen LogP contribution in [0.15, 0.2) is 0 Å². The number of hydrogen-bond donors (Lipinski definition) is 0. The van der Waals surface area contributed by atoms with Crippen molar-refractivity contribution in [1.82, 2.24) is 4.90 Å². The molecule has 0 spiro atoms. The molecule has 0 aliphatic carbocycles. The summed E-state index contributed by atoms with van der Waals surface area (Å²) in [5.41, 5.74) is 0. The molecule has 0 N–H and O–H groups in total. The zero-order chi connectivity index (χ0) is 9.40. The molecule has 0 aliphatic heterocycles. The molecule has 0 saturated carbocycles. The predicted molar refractivity (Wildman–Crippen MR) is 50.9 cm³/mol. The molecule has 0 heterocycles. The molecular weight excluding hydrogens is 150 g/mol. The smallest absolute Gasteiger partial charge is 0.135 e. The first-order valence-corrected chi connectivity index (χ1v) is 4.23. The summed E-state index contributed by atoms with van der Waals surface area (Å²) >= 11 is 0. The van der Waals surface area contributed by atoms with E-state index in [0.29, 0.717) is 25.0 Å². The Balaban J connectivity index is 3.38. The molecule has 68 valence electrons. The average Bonchev–Trinajstić information content (AvgIpc) is 2.01. The van der Waals surface area contributed by atoms with Crippen LogP contribution >= 0.6 is 0 Å². The lowest BCUT2D eigenvalue weighted by Crippen LogP contribution is -2.16. The van der Waals surface area contributed by atoms with Crippen molar-refractivity contribution in [3.05, 3.63) is 0 Å². The van der Waals surface area contributed by atoms with Crippen molar-refractivity contribution in [1.29, 1.82) is 0 Å². The Kier molecular flexibility index (Phi) is 6.41. The van der Waals surface area contributed by atoms with E-state index in [1.54, 1.807) is 6.92 Å². The highest BCUT2D eigenvalue weighted by molar-refractivity contribution is 5.78. The van der Waals surface area contributed by atoms with Gasteiger partial charge in [-0.3, -0.25) is 4.79 Å². The summed E-state index contributed by atoms with van der Waals surface area (Å²) < 4.78 is 0. The summed E-state index contributed by atoms with van der Waals surface area (Å²) in [4.78, 5) is 13.1. The van der Waals surface area contributed by atoms with Crippen molar-refractivity contribution in [3.8, 4) is 11.8 Å². The lowest BCUT2D eigenvalue weighted by atomic mass is 10.1. The molecule has 12 heavy (non-hydrogen) atoms. The highest BCUT2D eigenvalue weighted by atomic mass is 16.1. The minimum Gasteiger partial charge on any atom is -0.309 e. The topological polar surface area (TPSA) is 20.3 Å². The van der Waals surface area contributed by atoms with Crippen molar-refractivity contribution in [2.75, 3.05) is 20.6 Å². The van der Waals surface area contributed by atoms with Crippen LogP contribution < -0.4 is 0 Å². The third-order valence-corrected chi connectivity index (χ3v) is 1.54. The van der Waals surface area contributed by atoms with Crippen LogP contribution in [0.25, 0.3) is 0 Å². The lowest BCUT2D eigenvalue weighted by molar-refractivity contribution is -0.119. The second-order valence-corrected chi connectivity index (χ2v) is 3.02. The maximum Gasteiger partial charge on any atom is 0.135 e. The van der Waals surface area contributed by atoms with Crippen LogP contribution in [-0.4, -0.2) is 31.3 Å². The van der Waals surface area contributed by atoms with Crippen LogP contribution in [0.2, 0.25) is 0 Å². The number of carbonyl (C=O) groups excluding carboxylic acids is 1. The van der Waals surface area contributed by atoms with E-state index in [9.17, 15) is 4.79 Å². The van der Waals surface area contributed by atoms with E-state index >= 15 is 0 Å². The van der Waals surface area contributed by atoms with E-state index in [1.165, 1.54) is 0 Å². The standard InChI is InChI=1S/C10H17NO/c1-4-5-6-7-10(12)8-9-11(2)3/h6-9H2,1-3H3. The van der Waals surface area contributed by atoms with Gasteiger partial charge in [-0.25, -0.2) is 0 Å². The zero-order valence-electron chi connectivity index (χ0n) is 8.18. The second kappa shape index (κ2) is 6.87. The van der Waals surface area contributed by atoms with Gasteiger partial charge in [0.2, 0.25) is 0 Å². The van der Waals surface area contributed by atoms with Gasteiger partial charge in [0.15, 0.2) is 0 Å². The Labute approximate surface area is 74.9 Å². The first-order valence-electron chi connectivity index (χ1n) is 4.23. The maximum absolute atomic E-state index is 11.1. The van der Waals surface area contributed by atoms with E-state index < -0.39 is 0 Å². The third kappa shape index (κ3) is 7.30. The van der Waals surface area contributed by atoms with E-state index in [1.807, 2.05) is 19.0 Å². The Morgan fingerprint density at radius 2 is 2.00 bits per heavy atom. The first kappa shape index (κ1) is 11.2. The molecule has 0 fully saturated rings. The van der Waals surface area contributed by atoms with Crippen molar-refractivity contribution >= 4 is 5.78 Å². The molecule has 2 nitrogen and oxygen atoms in total. The Bertz CT molecular complexity index is 186. The fourth-order valence-corrected chi connectivity index (χ4v) is 0.800. The van der Waals surface area contributed by atoms with Gasteiger partial charge in [0.05, 0.1) is 0 Å². The van der Waals surface area contributed by atoms with Crippen LogP contribution in [0, 0.1) is 11.8 Å². The molecule has 2 heteroatoms. The zero-order valence-corrected chi connectivity index (χ0v) is 8.18. The van der Waals surface area contributed by atoms with Crippen LogP contribution in [0.5, 0.6) is 0 Å². The van der Waals surface area contributed by atoms with E-state index in [2.05, 4.69) is 11.8 Å². The van der Waals surface area contributed by atoms with Gasteiger partial charge in [-0.2, -0.15) is 0 Å². The van der Waals surface area contributed by atoms with Gasteiger partial charge in [-0.15, -0.1) is 11.8 Å². The molecule has 0 aromatic rings. The van der Waals surface area contributed by atoms with Crippen molar-refractivity contribution in [2.45, 2.75) is 26.2 Å². The van der Waals surface area contributed by atoms with E-state index in [0.717, 1.165) is 6.54 Å². The molecule has 0 radical (unpaired) electrons. The van der Waals surface area contributed by atoms with Crippen molar-refractivity contribution in [2.24, 2.45) is 0 Å². The summed E-state index contributed by atoms with van der Waals surface area (Å²) in [6.07, 6.45) is 1.97. The summed E-state index contributed by atoms with van der Waals surface area (Å²) in [6.45, 7) is 2.64. The number of carbonyl (C=O) groups is 1. The first-order chi connectivity index (χ1) is 5.66. The number of rotatable bonds is 5. The fraction of sp³-hybridized carbons (Fsp3) is 0.700. The minimum absolute atomic E-state index is 0.312. The molecule has 0 saturated heterocycles. The van der Waals surface area contributed by atoms with Crippen LogP contribution in [0.1, 0.15) is 26.2 Å². The molecular formula is C10H17NO. The Morgan fingerprint density at radius 1 is 1.33 bits per heavy atom. The van der Waals surface area contributed by atoms with Gasteiger partial charge in [0.1, 0.15) is 5.78 Å². The monoisotopic (exact) mass is 167 g/mol. The maximum atomic E-state index is 11.1.